The van der Waals surface area contributed by atoms with E-state index in [0.717, 1.165) is 22.4 Å². The molecule has 0 spiro atoms. The fourth-order valence-corrected chi connectivity index (χ4v) is 4.16. The van der Waals surface area contributed by atoms with Crippen LogP contribution in [0.4, 0.5) is 5.69 Å². The third kappa shape index (κ3) is 2.66. The van der Waals surface area contributed by atoms with E-state index in [1.165, 1.54) is 0 Å². The van der Waals surface area contributed by atoms with E-state index in [1.54, 1.807) is 4.90 Å². The van der Waals surface area contributed by atoms with Crippen molar-refractivity contribution in [3.63, 3.8) is 0 Å². The molecule has 1 atom stereocenters. The molecule has 29 heavy (non-hydrogen) atoms. The van der Waals surface area contributed by atoms with Crippen molar-refractivity contribution in [3.05, 3.63) is 102 Å². The molecule has 3 aromatic carbocycles. The van der Waals surface area contributed by atoms with Crippen molar-refractivity contribution < 1.29 is 9.21 Å². The molecular formula is C24H19N3O2. The van der Waals surface area contributed by atoms with Crippen molar-refractivity contribution in [2.45, 2.75) is 11.8 Å². The number of aromatic nitrogens is 2. The van der Waals surface area contributed by atoms with Gasteiger partial charge in [0.25, 0.3) is 0 Å². The van der Waals surface area contributed by atoms with Crippen LogP contribution in [0.15, 0.2) is 89.3 Å². The van der Waals surface area contributed by atoms with E-state index in [0.29, 0.717) is 18.2 Å². The second kappa shape index (κ2) is 6.71. The number of likely N-dealkylation sites (N-methyl/N-ethyl adjacent to an activating group) is 1. The normalized spacial score (nSPS) is 18.1. The summed E-state index contributed by atoms with van der Waals surface area (Å²) in [6.45, 7) is 0. The Balaban J connectivity index is 1.64. The Bertz CT molecular complexity index is 1170. The van der Waals surface area contributed by atoms with E-state index in [2.05, 4.69) is 10.2 Å². The Morgan fingerprint density at radius 2 is 1.52 bits per heavy atom. The van der Waals surface area contributed by atoms with Gasteiger partial charge < -0.3 is 9.32 Å². The van der Waals surface area contributed by atoms with E-state index in [4.69, 9.17) is 4.42 Å². The lowest BCUT2D eigenvalue weighted by atomic mass is 9.73. The molecule has 0 fully saturated rings. The topological polar surface area (TPSA) is 59.2 Å². The molecule has 0 unspecified atom stereocenters. The maximum absolute atomic E-state index is 13.6. The van der Waals surface area contributed by atoms with Gasteiger partial charge in [0, 0.05) is 24.7 Å². The number of nitrogens with zero attached hydrogens (tertiary/aromatic N) is 3. The van der Waals surface area contributed by atoms with Gasteiger partial charge in [-0.2, -0.15) is 0 Å². The molecule has 0 aliphatic carbocycles. The summed E-state index contributed by atoms with van der Waals surface area (Å²) in [5, 5.41) is 8.48. The van der Waals surface area contributed by atoms with Gasteiger partial charge in [-0.3, -0.25) is 4.79 Å². The number of para-hydroxylation sites is 1. The monoisotopic (exact) mass is 381 g/mol. The van der Waals surface area contributed by atoms with E-state index < -0.39 is 5.41 Å². The van der Waals surface area contributed by atoms with Crippen LogP contribution < -0.4 is 4.90 Å². The predicted octanol–water partition coefficient (Wildman–Crippen LogP) is 4.24. The zero-order valence-electron chi connectivity index (χ0n) is 15.9. The molecule has 4 aromatic rings. The number of hydrogen-bond donors (Lipinski definition) is 0. The SMILES string of the molecule is CN1C(=O)[C@](Cc2nnc(-c3ccccc3)o2)(c2ccccc2)c2ccccc21. The highest BCUT2D eigenvalue weighted by Gasteiger charge is 2.51. The summed E-state index contributed by atoms with van der Waals surface area (Å²) >= 11 is 0. The molecule has 1 aliphatic heterocycles. The van der Waals surface area contributed by atoms with Crippen molar-refractivity contribution in [3.8, 4) is 11.5 Å². The number of anilines is 1. The Morgan fingerprint density at radius 1 is 0.862 bits per heavy atom. The molecule has 5 rings (SSSR count). The summed E-state index contributed by atoms with van der Waals surface area (Å²) in [6.07, 6.45) is 0.303. The molecule has 0 N–H and O–H groups in total. The molecule has 0 saturated carbocycles. The quantitative estimate of drug-likeness (QED) is 0.530. The lowest BCUT2D eigenvalue weighted by Gasteiger charge is -2.27. The Hall–Kier alpha value is -3.73. The van der Waals surface area contributed by atoms with Gasteiger partial charge in [-0.1, -0.05) is 66.7 Å². The molecule has 1 amide bonds. The van der Waals surface area contributed by atoms with Crippen LogP contribution in [-0.4, -0.2) is 23.2 Å². The van der Waals surface area contributed by atoms with Crippen LogP contribution >= 0.6 is 0 Å². The average molecular weight is 381 g/mol. The second-order valence-electron chi connectivity index (χ2n) is 7.20. The van der Waals surface area contributed by atoms with E-state index in [-0.39, 0.29) is 5.91 Å². The molecule has 0 bridgehead atoms. The molecule has 5 heteroatoms. The van der Waals surface area contributed by atoms with Crippen molar-refractivity contribution in [1.82, 2.24) is 10.2 Å². The van der Waals surface area contributed by atoms with Gasteiger partial charge in [-0.25, -0.2) is 0 Å². The first-order chi connectivity index (χ1) is 14.2. The molecule has 0 saturated heterocycles. The molecule has 1 aliphatic rings. The number of benzene rings is 3. The van der Waals surface area contributed by atoms with E-state index in [9.17, 15) is 4.79 Å². The predicted molar refractivity (Wildman–Crippen MR) is 111 cm³/mol. The van der Waals surface area contributed by atoms with Gasteiger partial charge in [0.2, 0.25) is 17.7 Å². The summed E-state index contributed by atoms with van der Waals surface area (Å²) in [5.41, 5.74) is 2.74. The van der Waals surface area contributed by atoms with Gasteiger partial charge in [0.05, 0.1) is 0 Å². The minimum absolute atomic E-state index is 0.00404. The van der Waals surface area contributed by atoms with Gasteiger partial charge >= 0.3 is 0 Å². The third-order valence-electron chi connectivity index (χ3n) is 5.57. The number of hydrogen-bond acceptors (Lipinski definition) is 4. The van der Waals surface area contributed by atoms with Crippen molar-refractivity contribution in [2.75, 3.05) is 11.9 Å². The van der Waals surface area contributed by atoms with Crippen LogP contribution in [0.3, 0.4) is 0 Å². The highest BCUT2D eigenvalue weighted by molar-refractivity contribution is 6.10. The number of rotatable bonds is 4. The van der Waals surface area contributed by atoms with Crippen LogP contribution in [0.2, 0.25) is 0 Å². The number of amides is 1. The third-order valence-corrected chi connectivity index (χ3v) is 5.57. The summed E-state index contributed by atoms with van der Waals surface area (Å²) in [4.78, 5) is 15.3. The first kappa shape index (κ1) is 17.4. The zero-order valence-corrected chi connectivity index (χ0v) is 15.9. The Labute approximate surface area is 168 Å². The summed E-state index contributed by atoms with van der Waals surface area (Å²) in [5.74, 6) is 0.895. The fourth-order valence-electron chi connectivity index (χ4n) is 4.16. The van der Waals surface area contributed by atoms with Gasteiger partial charge in [-0.15, -0.1) is 10.2 Å². The largest absolute Gasteiger partial charge is 0.421 e. The number of carbonyl (C=O) groups is 1. The molecule has 142 valence electrons. The molecule has 2 heterocycles. The highest BCUT2D eigenvalue weighted by atomic mass is 16.4. The molecular weight excluding hydrogens is 362 g/mol. The van der Waals surface area contributed by atoms with Crippen molar-refractivity contribution in [1.29, 1.82) is 0 Å². The standard InChI is InChI=1S/C24H19N3O2/c1-27-20-15-9-8-14-19(20)24(23(27)28,18-12-6-3-7-13-18)16-21-25-26-22(29-21)17-10-4-2-5-11-17/h2-15H,16H2,1H3/t24-/m1/s1. The Kier molecular flexibility index (Phi) is 4.02. The lowest BCUT2D eigenvalue weighted by molar-refractivity contribution is -0.121. The van der Waals surface area contributed by atoms with Crippen LogP contribution in [0, 0.1) is 0 Å². The summed E-state index contributed by atoms with van der Waals surface area (Å²) in [6, 6.07) is 27.4. The fraction of sp³-hybridized carbons (Fsp3) is 0.125. The lowest BCUT2D eigenvalue weighted by Crippen LogP contribution is -2.41. The summed E-state index contributed by atoms with van der Waals surface area (Å²) < 4.78 is 5.98. The molecule has 0 radical (unpaired) electrons. The minimum atomic E-state index is -0.896. The van der Waals surface area contributed by atoms with Crippen molar-refractivity contribution >= 4 is 11.6 Å². The van der Waals surface area contributed by atoms with Crippen LogP contribution in [0.5, 0.6) is 0 Å². The second-order valence-corrected chi connectivity index (χ2v) is 7.20. The first-order valence-electron chi connectivity index (χ1n) is 9.51. The van der Waals surface area contributed by atoms with Crippen LogP contribution in [-0.2, 0) is 16.6 Å². The van der Waals surface area contributed by atoms with Crippen LogP contribution in [0.1, 0.15) is 17.0 Å². The van der Waals surface area contributed by atoms with Gasteiger partial charge in [0.1, 0.15) is 5.41 Å². The summed E-state index contributed by atoms with van der Waals surface area (Å²) in [7, 11) is 1.81. The van der Waals surface area contributed by atoms with E-state index in [1.807, 2.05) is 92.0 Å². The van der Waals surface area contributed by atoms with Crippen LogP contribution in [0.25, 0.3) is 11.5 Å². The minimum Gasteiger partial charge on any atom is -0.421 e. The van der Waals surface area contributed by atoms with E-state index >= 15 is 0 Å². The van der Waals surface area contributed by atoms with Crippen molar-refractivity contribution in [2.24, 2.45) is 0 Å². The van der Waals surface area contributed by atoms with Gasteiger partial charge in [-0.05, 0) is 29.3 Å². The number of fused-ring (bicyclic) bond motifs is 1. The first-order valence-corrected chi connectivity index (χ1v) is 9.51. The molecule has 1 aromatic heterocycles. The highest BCUT2D eigenvalue weighted by Crippen LogP contribution is 2.47. The Morgan fingerprint density at radius 3 is 2.28 bits per heavy atom. The maximum Gasteiger partial charge on any atom is 0.247 e. The zero-order chi connectivity index (χ0) is 19.8. The number of carbonyl (C=O) groups excluding carboxylic acids is 1. The smallest absolute Gasteiger partial charge is 0.247 e. The van der Waals surface area contributed by atoms with Gasteiger partial charge in [0.15, 0.2) is 0 Å². The average Bonchev–Trinajstić information content (AvgIpc) is 3.33. The molecule has 5 nitrogen and oxygen atoms in total. The maximum atomic E-state index is 13.6.